The molecule has 2 rings (SSSR count). The van der Waals surface area contributed by atoms with Crippen molar-refractivity contribution >= 4 is 28.3 Å². The summed E-state index contributed by atoms with van der Waals surface area (Å²) in [6, 6.07) is 6.76. The Morgan fingerprint density at radius 2 is 2.16 bits per heavy atom. The van der Waals surface area contributed by atoms with E-state index in [0.717, 1.165) is 5.56 Å². The third-order valence-corrected chi connectivity index (χ3v) is 3.09. The zero-order valence-electron chi connectivity index (χ0n) is 9.92. The summed E-state index contributed by atoms with van der Waals surface area (Å²) in [4.78, 5) is 26.6. The fourth-order valence-electron chi connectivity index (χ4n) is 1.50. The molecule has 2 amide bonds. The molecule has 5 N–H and O–H groups in total. The molecule has 0 aliphatic carbocycles. The third kappa shape index (κ3) is 3.29. The highest BCUT2D eigenvalue weighted by molar-refractivity contribution is 7.13. The Hall–Kier alpha value is -2.41. The average molecular weight is 276 g/mol. The molecule has 0 saturated carbocycles. The molecule has 1 heterocycles. The molecule has 0 bridgehead atoms. The van der Waals surface area contributed by atoms with Gasteiger partial charge in [0.2, 0.25) is 5.91 Å². The van der Waals surface area contributed by atoms with Crippen molar-refractivity contribution in [1.82, 2.24) is 10.3 Å². The number of nitrogens with zero attached hydrogens (tertiary/aromatic N) is 1. The van der Waals surface area contributed by atoms with Gasteiger partial charge < -0.3 is 16.8 Å². The zero-order valence-corrected chi connectivity index (χ0v) is 10.7. The number of carbonyl (C=O) groups excluding carboxylic acids is 2. The van der Waals surface area contributed by atoms with Crippen LogP contribution in [0.25, 0.3) is 0 Å². The maximum absolute atomic E-state index is 11.7. The van der Waals surface area contributed by atoms with E-state index in [1.54, 1.807) is 29.6 Å². The number of nitrogen functional groups attached to an aromatic ring is 1. The monoisotopic (exact) mass is 276 g/mol. The number of carbonyl (C=O) groups is 2. The maximum atomic E-state index is 11.7. The first-order valence-corrected chi connectivity index (χ1v) is 6.32. The molecule has 7 heteroatoms. The van der Waals surface area contributed by atoms with Crippen LogP contribution in [0.2, 0.25) is 0 Å². The Morgan fingerprint density at radius 3 is 2.79 bits per heavy atom. The lowest BCUT2D eigenvalue weighted by atomic mass is 10.1. The summed E-state index contributed by atoms with van der Waals surface area (Å²) in [6.07, 6.45) is 0. The number of benzene rings is 1. The van der Waals surface area contributed by atoms with Gasteiger partial charge in [-0.2, -0.15) is 0 Å². The third-order valence-electron chi connectivity index (χ3n) is 2.42. The van der Waals surface area contributed by atoms with Crippen molar-refractivity contribution in [3.05, 3.63) is 46.5 Å². The van der Waals surface area contributed by atoms with Gasteiger partial charge >= 0.3 is 0 Å². The topological polar surface area (TPSA) is 111 Å². The highest BCUT2D eigenvalue weighted by Gasteiger charge is 2.09. The number of primary amides is 1. The normalized spacial score (nSPS) is 10.1. The molecule has 0 aliphatic rings. The number of anilines is 1. The minimum atomic E-state index is -0.500. The van der Waals surface area contributed by atoms with Crippen LogP contribution in [0, 0.1) is 0 Å². The van der Waals surface area contributed by atoms with E-state index in [4.69, 9.17) is 11.5 Å². The molecule has 1 aromatic carbocycles. The Morgan fingerprint density at radius 1 is 1.37 bits per heavy atom. The SMILES string of the molecule is NC(=O)c1cccc(CNC(=O)c2csc(N)n2)c1. The standard InChI is InChI=1S/C12H12N4O2S/c13-10(17)8-3-1-2-7(4-8)5-15-11(18)9-6-19-12(14)16-9/h1-4,6H,5H2,(H2,13,17)(H2,14,16)(H,15,18). The van der Waals surface area contributed by atoms with Gasteiger partial charge in [-0.15, -0.1) is 11.3 Å². The number of rotatable bonds is 4. The van der Waals surface area contributed by atoms with Crippen LogP contribution in [0.1, 0.15) is 26.4 Å². The lowest BCUT2D eigenvalue weighted by Gasteiger charge is -2.04. The number of thiazole rings is 1. The van der Waals surface area contributed by atoms with Crippen molar-refractivity contribution in [3.63, 3.8) is 0 Å². The van der Waals surface area contributed by atoms with Gasteiger partial charge in [0.15, 0.2) is 5.13 Å². The number of amides is 2. The van der Waals surface area contributed by atoms with E-state index in [1.807, 2.05) is 0 Å². The molecule has 0 aliphatic heterocycles. The van der Waals surface area contributed by atoms with Gasteiger partial charge in [0.05, 0.1) is 0 Å². The predicted octanol–water partition coefficient (Wildman–Crippen LogP) is 0.754. The summed E-state index contributed by atoms with van der Waals surface area (Å²) in [5.74, 6) is -0.808. The first kappa shape index (κ1) is 13.0. The van der Waals surface area contributed by atoms with Gasteiger partial charge in [-0.1, -0.05) is 12.1 Å². The average Bonchev–Trinajstić information content (AvgIpc) is 2.83. The Kier molecular flexibility index (Phi) is 3.76. The lowest BCUT2D eigenvalue weighted by molar-refractivity contribution is 0.0946. The van der Waals surface area contributed by atoms with Crippen LogP contribution >= 0.6 is 11.3 Å². The predicted molar refractivity (Wildman–Crippen MR) is 72.7 cm³/mol. The summed E-state index contributed by atoms with van der Waals surface area (Å²) >= 11 is 1.21. The van der Waals surface area contributed by atoms with E-state index >= 15 is 0 Å². The van der Waals surface area contributed by atoms with Crippen LogP contribution in [0.3, 0.4) is 0 Å². The molecule has 0 radical (unpaired) electrons. The number of hydrogen-bond donors (Lipinski definition) is 3. The molecule has 0 unspecified atom stereocenters. The molecule has 0 spiro atoms. The zero-order chi connectivity index (χ0) is 13.8. The largest absolute Gasteiger partial charge is 0.375 e. The summed E-state index contributed by atoms with van der Waals surface area (Å²) in [7, 11) is 0. The van der Waals surface area contributed by atoms with Crippen LogP contribution in [-0.2, 0) is 6.54 Å². The number of nitrogens with two attached hydrogens (primary N) is 2. The number of hydrogen-bond acceptors (Lipinski definition) is 5. The smallest absolute Gasteiger partial charge is 0.271 e. The summed E-state index contributed by atoms with van der Waals surface area (Å²) in [5, 5.41) is 4.63. The molecule has 6 nitrogen and oxygen atoms in total. The van der Waals surface area contributed by atoms with Gasteiger partial charge in [0.25, 0.3) is 5.91 Å². The molecular weight excluding hydrogens is 264 g/mol. The van der Waals surface area contributed by atoms with Gasteiger partial charge in [-0.05, 0) is 17.7 Å². The summed E-state index contributed by atoms with van der Waals surface area (Å²) in [5.41, 5.74) is 12.1. The van der Waals surface area contributed by atoms with E-state index < -0.39 is 5.91 Å². The molecule has 0 fully saturated rings. The van der Waals surface area contributed by atoms with Crippen molar-refractivity contribution in [3.8, 4) is 0 Å². The van der Waals surface area contributed by atoms with Crippen molar-refractivity contribution in [2.45, 2.75) is 6.54 Å². The van der Waals surface area contributed by atoms with E-state index in [2.05, 4.69) is 10.3 Å². The molecular formula is C12H12N4O2S. The molecule has 98 valence electrons. The van der Waals surface area contributed by atoms with Crippen LogP contribution in [0.4, 0.5) is 5.13 Å². The van der Waals surface area contributed by atoms with E-state index in [0.29, 0.717) is 10.7 Å². The lowest BCUT2D eigenvalue weighted by Crippen LogP contribution is -2.23. The second kappa shape index (κ2) is 5.49. The second-order valence-electron chi connectivity index (χ2n) is 3.82. The molecule has 0 saturated heterocycles. The van der Waals surface area contributed by atoms with Crippen molar-refractivity contribution < 1.29 is 9.59 Å². The quantitative estimate of drug-likeness (QED) is 0.765. The van der Waals surface area contributed by atoms with Gasteiger partial charge in [0.1, 0.15) is 5.69 Å². The van der Waals surface area contributed by atoms with Crippen LogP contribution < -0.4 is 16.8 Å². The van der Waals surface area contributed by atoms with E-state index in [-0.39, 0.29) is 18.1 Å². The van der Waals surface area contributed by atoms with Crippen LogP contribution in [0.15, 0.2) is 29.6 Å². The minimum absolute atomic E-state index is 0.286. The number of aromatic nitrogens is 1. The van der Waals surface area contributed by atoms with Crippen LogP contribution in [0.5, 0.6) is 0 Å². The maximum Gasteiger partial charge on any atom is 0.271 e. The van der Waals surface area contributed by atoms with Crippen LogP contribution in [-0.4, -0.2) is 16.8 Å². The van der Waals surface area contributed by atoms with E-state index in [1.165, 1.54) is 11.3 Å². The van der Waals surface area contributed by atoms with Crippen molar-refractivity contribution in [1.29, 1.82) is 0 Å². The first-order chi connectivity index (χ1) is 9.06. The first-order valence-electron chi connectivity index (χ1n) is 5.44. The molecule has 1 aromatic heterocycles. The fraction of sp³-hybridized carbons (Fsp3) is 0.0833. The van der Waals surface area contributed by atoms with Crippen molar-refractivity contribution in [2.75, 3.05) is 5.73 Å². The Labute approximate surface area is 113 Å². The fourth-order valence-corrected chi connectivity index (χ4v) is 2.04. The van der Waals surface area contributed by atoms with Gasteiger partial charge in [-0.3, -0.25) is 9.59 Å². The van der Waals surface area contributed by atoms with Crippen molar-refractivity contribution in [2.24, 2.45) is 5.73 Å². The highest BCUT2D eigenvalue weighted by atomic mass is 32.1. The second-order valence-corrected chi connectivity index (χ2v) is 4.71. The van der Waals surface area contributed by atoms with Gasteiger partial charge in [0, 0.05) is 17.5 Å². The Balaban J connectivity index is 2.01. The van der Waals surface area contributed by atoms with E-state index in [9.17, 15) is 9.59 Å². The number of nitrogens with one attached hydrogen (secondary N) is 1. The minimum Gasteiger partial charge on any atom is -0.375 e. The molecule has 19 heavy (non-hydrogen) atoms. The Bertz CT molecular complexity index is 624. The summed E-state index contributed by atoms with van der Waals surface area (Å²) in [6.45, 7) is 0.289. The molecule has 0 atom stereocenters. The van der Waals surface area contributed by atoms with Gasteiger partial charge in [-0.25, -0.2) is 4.98 Å². The highest BCUT2D eigenvalue weighted by Crippen LogP contribution is 2.11. The summed E-state index contributed by atoms with van der Waals surface area (Å²) < 4.78 is 0. The molecule has 2 aromatic rings.